The second-order valence-electron chi connectivity index (χ2n) is 9.97. The highest BCUT2D eigenvalue weighted by Gasteiger charge is 2.28. The summed E-state index contributed by atoms with van der Waals surface area (Å²) in [5.41, 5.74) is 1.83. The molecule has 214 valence electrons. The zero-order valence-electron chi connectivity index (χ0n) is 22.2. The summed E-state index contributed by atoms with van der Waals surface area (Å²) in [5, 5.41) is 5.41. The van der Waals surface area contributed by atoms with Crippen molar-refractivity contribution in [2.24, 2.45) is 5.92 Å². The Bertz CT molecular complexity index is 1540. The van der Waals surface area contributed by atoms with E-state index in [2.05, 4.69) is 17.2 Å². The van der Waals surface area contributed by atoms with E-state index in [1.165, 1.54) is 32.1 Å². The zero-order chi connectivity index (χ0) is 28.3. The van der Waals surface area contributed by atoms with Crippen molar-refractivity contribution in [3.05, 3.63) is 59.5 Å². The molecule has 2 aromatic carbocycles. The Hall–Kier alpha value is -2.68. The maximum atomic E-state index is 12.9. The Balaban J connectivity index is 1.18. The number of aromatic nitrogens is 1. The largest absolute Gasteiger partial charge is 0.379 e. The number of Topliss-reactive ketones (excluding diaryl/α,β-unsaturated/α-hetero) is 1. The van der Waals surface area contributed by atoms with E-state index < -0.39 is 20.0 Å². The van der Waals surface area contributed by atoms with Crippen LogP contribution in [0.15, 0.2) is 63.7 Å². The van der Waals surface area contributed by atoms with E-state index in [4.69, 9.17) is 4.74 Å². The Morgan fingerprint density at radius 1 is 0.900 bits per heavy atom. The molecule has 0 spiro atoms. The normalized spacial score (nSPS) is 18.0. The number of carbonyl (C=O) groups is 1. The van der Waals surface area contributed by atoms with Crippen molar-refractivity contribution in [2.75, 3.05) is 51.3 Å². The molecular formula is C27H32N4O6S3. The molecule has 2 saturated heterocycles. The molecule has 0 unspecified atom stereocenters. The van der Waals surface area contributed by atoms with Crippen molar-refractivity contribution in [2.45, 2.75) is 29.6 Å². The number of piperidine rings is 1. The molecule has 3 heterocycles. The molecule has 0 amide bonds. The number of benzene rings is 2. The van der Waals surface area contributed by atoms with Gasteiger partial charge in [-0.2, -0.15) is 8.61 Å². The number of morpholine rings is 1. The number of carbonyl (C=O) groups excluding carboxylic acids is 1. The van der Waals surface area contributed by atoms with Crippen molar-refractivity contribution in [3.63, 3.8) is 0 Å². The van der Waals surface area contributed by atoms with Crippen LogP contribution in [0.4, 0.5) is 5.13 Å². The highest BCUT2D eigenvalue weighted by molar-refractivity contribution is 7.89. The van der Waals surface area contributed by atoms with Gasteiger partial charge < -0.3 is 10.1 Å². The maximum Gasteiger partial charge on any atom is 0.243 e. The van der Waals surface area contributed by atoms with Crippen LogP contribution in [0.1, 0.15) is 30.1 Å². The van der Waals surface area contributed by atoms with Gasteiger partial charge in [-0.15, -0.1) is 11.3 Å². The summed E-state index contributed by atoms with van der Waals surface area (Å²) in [6.45, 7) is 4.61. The average molecular weight is 605 g/mol. The second-order valence-corrected chi connectivity index (χ2v) is 14.7. The molecule has 1 aromatic heterocycles. The fourth-order valence-electron chi connectivity index (χ4n) is 4.67. The molecule has 13 heteroatoms. The van der Waals surface area contributed by atoms with Crippen molar-refractivity contribution in [3.8, 4) is 11.3 Å². The Morgan fingerprint density at radius 2 is 1.45 bits per heavy atom. The topological polar surface area (TPSA) is 126 Å². The van der Waals surface area contributed by atoms with Gasteiger partial charge in [-0.3, -0.25) is 4.79 Å². The minimum atomic E-state index is -3.57. The van der Waals surface area contributed by atoms with Gasteiger partial charge >= 0.3 is 0 Å². The first kappa shape index (κ1) is 28.8. The van der Waals surface area contributed by atoms with Crippen molar-refractivity contribution in [1.29, 1.82) is 0 Å². The molecule has 1 N–H and O–H groups in total. The van der Waals surface area contributed by atoms with Gasteiger partial charge in [0.1, 0.15) is 0 Å². The van der Waals surface area contributed by atoms with Crippen molar-refractivity contribution < 1.29 is 26.4 Å². The van der Waals surface area contributed by atoms with Gasteiger partial charge in [0, 0.05) is 42.7 Å². The van der Waals surface area contributed by atoms with Gasteiger partial charge in [0.05, 0.1) is 35.2 Å². The van der Waals surface area contributed by atoms with Crippen LogP contribution in [0.25, 0.3) is 11.3 Å². The number of nitrogens with zero attached hydrogens (tertiary/aromatic N) is 3. The molecule has 3 aromatic rings. The van der Waals surface area contributed by atoms with E-state index in [9.17, 15) is 21.6 Å². The smallest absolute Gasteiger partial charge is 0.243 e. The molecule has 2 aliphatic heterocycles. The first-order chi connectivity index (χ1) is 19.1. The van der Waals surface area contributed by atoms with E-state index in [0.29, 0.717) is 61.7 Å². The van der Waals surface area contributed by atoms with Crippen LogP contribution in [0.3, 0.4) is 0 Å². The minimum Gasteiger partial charge on any atom is -0.379 e. The van der Waals surface area contributed by atoms with E-state index in [1.807, 2.05) is 5.38 Å². The van der Waals surface area contributed by atoms with E-state index >= 15 is 0 Å². The Labute approximate surface area is 239 Å². The van der Waals surface area contributed by atoms with Gasteiger partial charge in [-0.05, 0) is 55.2 Å². The fraction of sp³-hybridized carbons (Fsp3) is 0.407. The van der Waals surface area contributed by atoms with Gasteiger partial charge in [0.15, 0.2) is 10.9 Å². The number of hydrogen-bond donors (Lipinski definition) is 1. The van der Waals surface area contributed by atoms with Crippen LogP contribution >= 0.6 is 11.3 Å². The second kappa shape index (κ2) is 12.0. The monoisotopic (exact) mass is 604 g/mol. The van der Waals surface area contributed by atoms with Gasteiger partial charge in [-0.25, -0.2) is 21.8 Å². The average Bonchev–Trinajstić information content (AvgIpc) is 3.46. The first-order valence-electron chi connectivity index (χ1n) is 13.2. The number of sulfonamides is 2. The highest BCUT2D eigenvalue weighted by Crippen LogP contribution is 2.27. The maximum absolute atomic E-state index is 12.9. The summed E-state index contributed by atoms with van der Waals surface area (Å²) in [6, 6.07) is 12.7. The number of ketones is 1. The lowest BCUT2D eigenvalue weighted by molar-refractivity contribution is 0.0730. The van der Waals surface area contributed by atoms with Gasteiger partial charge in [0.2, 0.25) is 20.0 Å². The van der Waals surface area contributed by atoms with Crippen LogP contribution in [0.5, 0.6) is 0 Å². The third kappa shape index (κ3) is 6.29. The molecule has 5 rings (SSSR count). The molecule has 0 aliphatic carbocycles. The number of thiazole rings is 1. The predicted molar refractivity (Wildman–Crippen MR) is 154 cm³/mol. The van der Waals surface area contributed by atoms with Gasteiger partial charge in [-0.1, -0.05) is 19.1 Å². The minimum absolute atomic E-state index is 0.000204. The SMILES string of the molecule is CC1CCN(S(=O)(=O)c2ccc(C(=O)CNc3nc(-c4ccc(S(=O)(=O)N5CCOCC5)cc4)cs3)cc2)CC1. The van der Waals surface area contributed by atoms with Crippen LogP contribution < -0.4 is 5.32 Å². The van der Waals surface area contributed by atoms with Crippen LogP contribution in [-0.2, 0) is 24.8 Å². The molecule has 0 saturated carbocycles. The summed E-state index contributed by atoms with van der Waals surface area (Å²) >= 11 is 1.34. The Morgan fingerprint density at radius 3 is 2.05 bits per heavy atom. The quantitative estimate of drug-likeness (QED) is 0.368. The first-order valence-corrected chi connectivity index (χ1v) is 16.9. The molecule has 2 fully saturated rings. The van der Waals surface area contributed by atoms with Crippen LogP contribution in [-0.4, -0.2) is 82.2 Å². The molecule has 0 bridgehead atoms. The lowest BCUT2D eigenvalue weighted by Gasteiger charge is -2.29. The molecule has 10 nitrogen and oxygen atoms in total. The van der Waals surface area contributed by atoms with E-state index in [1.54, 1.807) is 36.4 Å². The zero-order valence-corrected chi connectivity index (χ0v) is 24.6. The summed E-state index contributed by atoms with van der Waals surface area (Å²) < 4.78 is 59.7. The summed E-state index contributed by atoms with van der Waals surface area (Å²) in [7, 11) is -7.14. The molecular weight excluding hydrogens is 573 g/mol. The van der Waals surface area contributed by atoms with E-state index in [0.717, 1.165) is 18.4 Å². The van der Waals surface area contributed by atoms with E-state index in [-0.39, 0.29) is 22.1 Å². The van der Waals surface area contributed by atoms with Crippen molar-refractivity contribution >= 4 is 42.3 Å². The molecule has 0 radical (unpaired) electrons. The van der Waals surface area contributed by atoms with Crippen LogP contribution in [0.2, 0.25) is 0 Å². The number of ether oxygens (including phenoxy) is 1. The van der Waals surface area contributed by atoms with Gasteiger partial charge in [0.25, 0.3) is 0 Å². The van der Waals surface area contributed by atoms with Crippen molar-refractivity contribution in [1.82, 2.24) is 13.6 Å². The standard InChI is InChI=1S/C27H32N4O6S3/c1-20-10-12-30(13-11-20)39(33,34)24-8-4-22(5-9-24)26(32)18-28-27-29-25(19-38-27)21-2-6-23(7-3-21)40(35,36)31-14-16-37-17-15-31/h2-9,19-20H,10-18H2,1H3,(H,28,29). The lowest BCUT2D eigenvalue weighted by atomic mass is 10.0. The lowest BCUT2D eigenvalue weighted by Crippen LogP contribution is -2.40. The summed E-state index contributed by atoms with van der Waals surface area (Å²) in [4.78, 5) is 17.7. The molecule has 40 heavy (non-hydrogen) atoms. The fourth-order valence-corrected chi connectivity index (χ4v) is 8.26. The highest BCUT2D eigenvalue weighted by atomic mass is 32.2. The molecule has 0 atom stereocenters. The van der Waals surface area contributed by atoms with Crippen LogP contribution in [0, 0.1) is 5.92 Å². The summed E-state index contributed by atoms with van der Waals surface area (Å²) in [6.07, 6.45) is 1.70. The summed E-state index contributed by atoms with van der Waals surface area (Å²) in [5.74, 6) is 0.336. The number of hydrogen-bond acceptors (Lipinski definition) is 9. The number of anilines is 1. The molecule has 2 aliphatic rings. The Kier molecular flexibility index (Phi) is 8.69. The third-order valence-electron chi connectivity index (χ3n) is 7.22. The number of nitrogens with one attached hydrogen (secondary N) is 1. The predicted octanol–water partition coefficient (Wildman–Crippen LogP) is 3.55. The third-order valence-corrected chi connectivity index (χ3v) is 11.8. The number of rotatable bonds is 9.